The molecule has 1 amide bonds. The summed E-state index contributed by atoms with van der Waals surface area (Å²) in [6, 6.07) is 8.29. The molecule has 1 rings (SSSR count). The van der Waals surface area contributed by atoms with E-state index in [1.54, 1.807) is 0 Å². The molecule has 100 valence electrons. The molecule has 3 heteroatoms. The van der Waals surface area contributed by atoms with Crippen molar-refractivity contribution in [1.82, 2.24) is 5.32 Å². The minimum Gasteiger partial charge on any atom is -0.350 e. The number of nitrogens with two attached hydrogens (primary N) is 1. The first-order valence-electron chi connectivity index (χ1n) is 6.56. The third-order valence-corrected chi connectivity index (χ3v) is 3.43. The average Bonchev–Trinajstić information content (AvgIpc) is 2.38. The first kappa shape index (κ1) is 14.7. The van der Waals surface area contributed by atoms with E-state index in [9.17, 15) is 4.79 Å². The lowest BCUT2D eigenvalue weighted by atomic mass is 9.98. The molecule has 0 saturated carbocycles. The second-order valence-corrected chi connectivity index (χ2v) is 5.15. The van der Waals surface area contributed by atoms with Crippen LogP contribution in [0.2, 0.25) is 0 Å². The van der Waals surface area contributed by atoms with Gasteiger partial charge >= 0.3 is 0 Å². The molecular formula is C15H24N2O. The number of amides is 1. The van der Waals surface area contributed by atoms with E-state index in [0.717, 1.165) is 12.8 Å². The highest BCUT2D eigenvalue weighted by Gasteiger charge is 2.21. The third-order valence-electron chi connectivity index (χ3n) is 3.43. The number of rotatable bonds is 6. The second kappa shape index (κ2) is 6.55. The van der Waals surface area contributed by atoms with Gasteiger partial charge in [0.1, 0.15) is 0 Å². The lowest BCUT2D eigenvalue weighted by Crippen LogP contribution is -2.50. The summed E-state index contributed by atoms with van der Waals surface area (Å²) in [6.07, 6.45) is 2.13. The zero-order valence-electron chi connectivity index (χ0n) is 11.6. The molecule has 0 aromatic heterocycles. The summed E-state index contributed by atoms with van der Waals surface area (Å²) < 4.78 is 0. The zero-order chi connectivity index (χ0) is 13.6. The van der Waals surface area contributed by atoms with Crippen LogP contribution in [0, 0.1) is 6.92 Å². The molecule has 0 aliphatic carbocycles. The van der Waals surface area contributed by atoms with Crippen molar-refractivity contribution in [3.05, 3.63) is 35.4 Å². The molecule has 1 aromatic rings. The minimum absolute atomic E-state index is 0.0744. The van der Waals surface area contributed by atoms with E-state index in [2.05, 4.69) is 36.5 Å². The molecule has 0 aliphatic heterocycles. The highest BCUT2D eigenvalue weighted by molar-refractivity contribution is 5.77. The summed E-state index contributed by atoms with van der Waals surface area (Å²) in [4.78, 5) is 11.9. The van der Waals surface area contributed by atoms with Gasteiger partial charge in [0.25, 0.3) is 0 Å². The lowest BCUT2D eigenvalue weighted by molar-refractivity contribution is -0.122. The Labute approximate surface area is 110 Å². The second-order valence-electron chi connectivity index (χ2n) is 5.15. The van der Waals surface area contributed by atoms with Gasteiger partial charge in [0.2, 0.25) is 5.91 Å². The SMILES string of the molecule is CCC(C)(CN)NC(=O)CCc1ccc(C)cc1. The number of carbonyl (C=O) groups is 1. The van der Waals surface area contributed by atoms with E-state index in [0.29, 0.717) is 13.0 Å². The maximum Gasteiger partial charge on any atom is 0.220 e. The van der Waals surface area contributed by atoms with Gasteiger partial charge in [-0.2, -0.15) is 0 Å². The van der Waals surface area contributed by atoms with E-state index in [1.165, 1.54) is 11.1 Å². The van der Waals surface area contributed by atoms with Gasteiger partial charge in [0.15, 0.2) is 0 Å². The van der Waals surface area contributed by atoms with Gasteiger partial charge in [-0.25, -0.2) is 0 Å². The molecule has 0 heterocycles. The molecule has 3 N–H and O–H groups in total. The molecule has 0 aliphatic rings. The monoisotopic (exact) mass is 248 g/mol. The fourth-order valence-electron chi connectivity index (χ4n) is 1.70. The topological polar surface area (TPSA) is 55.1 Å². The number of benzene rings is 1. The maximum atomic E-state index is 11.9. The van der Waals surface area contributed by atoms with Crippen LogP contribution in [0.25, 0.3) is 0 Å². The first-order valence-corrected chi connectivity index (χ1v) is 6.56. The van der Waals surface area contributed by atoms with Gasteiger partial charge in [-0.1, -0.05) is 36.8 Å². The van der Waals surface area contributed by atoms with Crippen LogP contribution in [0.15, 0.2) is 24.3 Å². The summed E-state index contributed by atoms with van der Waals surface area (Å²) in [7, 11) is 0. The van der Waals surface area contributed by atoms with E-state index in [1.807, 2.05) is 13.8 Å². The largest absolute Gasteiger partial charge is 0.350 e. The smallest absolute Gasteiger partial charge is 0.220 e. The Balaban J connectivity index is 2.44. The molecule has 3 nitrogen and oxygen atoms in total. The molecule has 0 saturated heterocycles. The van der Waals surface area contributed by atoms with E-state index in [4.69, 9.17) is 5.73 Å². The maximum absolute atomic E-state index is 11.9. The fraction of sp³-hybridized carbons (Fsp3) is 0.533. The van der Waals surface area contributed by atoms with Crippen LogP contribution >= 0.6 is 0 Å². The van der Waals surface area contributed by atoms with Crippen molar-refractivity contribution in [3.8, 4) is 0 Å². The molecule has 0 bridgehead atoms. The molecule has 1 atom stereocenters. The Bertz CT molecular complexity index is 380. The average molecular weight is 248 g/mol. The third kappa shape index (κ3) is 4.49. The van der Waals surface area contributed by atoms with Gasteiger partial charge in [-0.05, 0) is 32.3 Å². The number of nitrogens with one attached hydrogen (secondary N) is 1. The van der Waals surface area contributed by atoms with Gasteiger partial charge in [0.05, 0.1) is 0 Å². The van der Waals surface area contributed by atoms with Crippen LogP contribution in [-0.4, -0.2) is 18.0 Å². The summed E-state index contributed by atoms with van der Waals surface area (Å²) in [6.45, 7) is 6.55. The van der Waals surface area contributed by atoms with Crippen LogP contribution in [0.1, 0.15) is 37.8 Å². The van der Waals surface area contributed by atoms with Crippen molar-refractivity contribution >= 4 is 5.91 Å². The Kier molecular flexibility index (Phi) is 5.35. The standard InChI is InChI=1S/C15H24N2O/c1-4-15(3,11-16)17-14(18)10-9-13-7-5-12(2)6-8-13/h5-8H,4,9-11,16H2,1-3H3,(H,17,18). The normalized spacial score (nSPS) is 14.0. The number of aryl methyl sites for hydroxylation is 2. The van der Waals surface area contributed by atoms with Gasteiger partial charge in [-0.3, -0.25) is 4.79 Å². The summed E-state index contributed by atoms with van der Waals surface area (Å²) in [5, 5.41) is 3.01. The lowest BCUT2D eigenvalue weighted by Gasteiger charge is -2.27. The number of carbonyl (C=O) groups excluding carboxylic acids is 1. The minimum atomic E-state index is -0.273. The van der Waals surface area contributed by atoms with Crippen molar-refractivity contribution < 1.29 is 4.79 Å². The number of hydrogen-bond acceptors (Lipinski definition) is 2. The Morgan fingerprint density at radius 2 is 1.94 bits per heavy atom. The molecular weight excluding hydrogens is 224 g/mol. The Morgan fingerprint density at radius 3 is 2.44 bits per heavy atom. The van der Waals surface area contributed by atoms with Gasteiger partial charge in [-0.15, -0.1) is 0 Å². The molecule has 1 aromatic carbocycles. The van der Waals surface area contributed by atoms with E-state index in [-0.39, 0.29) is 11.4 Å². The van der Waals surface area contributed by atoms with Crippen LogP contribution < -0.4 is 11.1 Å². The summed E-state index contributed by atoms with van der Waals surface area (Å²) in [5.41, 5.74) is 7.84. The molecule has 0 spiro atoms. The van der Waals surface area contributed by atoms with Crippen LogP contribution in [0.5, 0.6) is 0 Å². The van der Waals surface area contributed by atoms with Crippen molar-refractivity contribution in [1.29, 1.82) is 0 Å². The predicted molar refractivity (Wildman–Crippen MR) is 75.4 cm³/mol. The van der Waals surface area contributed by atoms with Crippen molar-refractivity contribution in [2.45, 2.75) is 45.6 Å². The van der Waals surface area contributed by atoms with E-state index < -0.39 is 0 Å². The zero-order valence-corrected chi connectivity index (χ0v) is 11.6. The van der Waals surface area contributed by atoms with Gasteiger partial charge in [0, 0.05) is 18.5 Å². The van der Waals surface area contributed by atoms with Crippen molar-refractivity contribution in [2.75, 3.05) is 6.54 Å². The predicted octanol–water partition coefficient (Wildman–Crippen LogP) is 2.17. The van der Waals surface area contributed by atoms with Crippen LogP contribution in [-0.2, 0) is 11.2 Å². The summed E-state index contributed by atoms with van der Waals surface area (Å²) in [5.74, 6) is 0.0744. The van der Waals surface area contributed by atoms with Crippen molar-refractivity contribution in [3.63, 3.8) is 0 Å². The fourth-order valence-corrected chi connectivity index (χ4v) is 1.70. The Morgan fingerprint density at radius 1 is 1.33 bits per heavy atom. The molecule has 0 fully saturated rings. The summed E-state index contributed by atoms with van der Waals surface area (Å²) >= 11 is 0. The quantitative estimate of drug-likeness (QED) is 0.810. The highest BCUT2D eigenvalue weighted by Crippen LogP contribution is 2.09. The van der Waals surface area contributed by atoms with Crippen molar-refractivity contribution in [2.24, 2.45) is 5.73 Å². The van der Waals surface area contributed by atoms with E-state index >= 15 is 0 Å². The Hall–Kier alpha value is -1.35. The van der Waals surface area contributed by atoms with Gasteiger partial charge < -0.3 is 11.1 Å². The number of hydrogen-bond donors (Lipinski definition) is 2. The van der Waals surface area contributed by atoms with Crippen LogP contribution in [0.3, 0.4) is 0 Å². The molecule has 1 unspecified atom stereocenters. The molecule has 0 radical (unpaired) electrons. The highest BCUT2D eigenvalue weighted by atomic mass is 16.1. The molecule has 18 heavy (non-hydrogen) atoms. The first-order chi connectivity index (χ1) is 8.49. The van der Waals surface area contributed by atoms with Crippen LogP contribution in [0.4, 0.5) is 0 Å².